The summed E-state index contributed by atoms with van der Waals surface area (Å²) in [6.45, 7) is 3.19. The summed E-state index contributed by atoms with van der Waals surface area (Å²) in [6, 6.07) is 13.9. The average Bonchev–Trinajstić information content (AvgIpc) is 2.79. The molecule has 162 valence electrons. The Morgan fingerprint density at radius 2 is 1.60 bits per heavy atom. The fraction of sp³-hybridized carbons (Fsp3) is 0.381. The van der Waals surface area contributed by atoms with Gasteiger partial charge in [0.05, 0.1) is 24.4 Å². The molecule has 2 aromatic rings. The van der Waals surface area contributed by atoms with Crippen molar-refractivity contribution >= 4 is 27.7 Å². The van der Waals surface area contributed by atoms with Crippen molar-refractivity contribution in [2.24, 2.45) is 0 Å². The minimum absolute atomic E-state index is 0.00783. The molecule has 0 bridgehead atoms. The highest BCUT2D eigenvalue weighted by atomic mass is 32.2. The van der Waals surface area contributed by atoms with Crippen LogP contribution in [0.4, 0.5) is 0 Å². The van der Waals surface area contributed by atoms with Gasteiger partial charge in [0.2, 0.25) is 15.9 Å². The van der Waals surface area contributed by atoms with Crippen molar-refractivity contribution in [1.29, 1.82) is 0 Å². The van der Waals surface area contributed by atoms with E-state index in [4.69, 9.17) is 9.47 Å². The molecule has 1 aliphatic heterocycles. The van der Waals surface area contributed by atoms with Gasteiger partial charge in [-0.3, -0.25) is 4.79 Å². The summed E-state index contributed by atoms with van der Waals surface area (Å²) in [4.78, 5) is 15.8. The van der Waals surface area contributed by atoms with Gasteiger partial charge in [-0.1, -0.05) is 18.2 Å². The number of carbonyl (C=O) groups is 1. The second-order valence-electron chi connectivity index (χ2n) is 6.82. The summed E-state index contributed by atoms with van der Waals surface area (Å²) < 4.78 is 37.5. The Morgan fingerprint density at radius 1 is 0.967 bits per heavy atom. The van der Waals surface area contributed by atoms with Crippen LogP contribution in [0.2, 0.25) is 0 Å². The topological polar surface area (TPSA) is 76.2 Å². The maximum Gasteiger partial charge on any atom is 0.243 e. The zero-order valence-corrected chi connectivity index (χ0v) is 18.9. The molecule has 0 unspecified atom stereocenters. The molecule has 9 heteroatoms. The van der Waals surface area contributed by atoms with E-state index in [2.05, 4.69) is 0 Å². The molecule has 0 N–H and O–H groups in total. The van der Waals surface area contributed by atoms with Crippen LogP contribution in [0, 0.1) is 0 Å². The van der Waals surface area contributed by atoms with Gasteiger partial charge in [0.25, 0.3) is 0 Å². The van der Waals surface area contributed by atoms with Gasteiger partial charge < -0.3 is 14.4 Å². The van der Waals surface area contributed by atoms with E-state index in [0.29, 0.717) is 24.6 Å². The van der Waals surface area contributed by atoms with E-state index in [0.717, 1.165) is 4.90 Å². The van der Waals surface area contributed by atoms with Gasteiger partial charge in [-0.05, 0) is 37.3 Å². The van der Waals surface area contributed by atoms with Gasteiger partial charge >= 0.3 is 0 Å². The van der Waals surface area contributed by atoms with E-state index >= 15 is 0 Å². The molecule has 1 heterocycles. The minimum atomic E-state index is -3.53. The van der Waals surface area contributed by atoms with Gasteiger partial charge in [0.1, 0.15) is 0 Å². The summed E-state index contributed by atoms with van der Waals surface area (Å²) in [6.07, 6.45) is 0. The predicted octanol–water partition coefficient (Wildman–Crippen LogP) is 2.72. The maximum absolute atomic E-state index is 12.9. The van der Waals surface area contributed by atoms with E-state index in [1.807, 2.05) is 25.1 Å². The summed E-state index contributed by atoms with van der Waals surface area (Å²) in [5.74, 6) is 1.24. The van der Waals surface area contributed by atoms with Crippen LogP contribution in [0.3, 0.4) is 0 Å². The van der Waals surface area contributed by atoms with Crippen molar-refractivity contribution < 1.29 is 22.7 Å². The van der Waals surface area contributed by atoms with E-state index in [-0.39, 0.29) is 29.1 Å². The van der Waals surface area contributed by atoms with Gasteiger partial charge in [-0.2, -0.15) is 4.31 Å². The number of amides is 1. The first-order valence-electron chi connectivity index (χ1n) is 9.59. The van der Waals surface area contributed by atoms with Crippen LogP contribution >= 0.6 is 11.8 Å². The van der Waals surface area contributed by atoms with Gasteiger partial charge in [0.15, 0.2) is 11.5 Å². The van der Waals surface area contributed by atoms with Crippen molar-refractivity contribution in [3.8, 4) is 11.5 Å². The van der Waals surface area contributed by atoms with Crippen molar-refractivity contribution in [3.05, 3.63) is 48.5 Å². The highest BCUT2D eigenvalue weighted by Crippen LogP contribution is 2.34. The standard InChI is InChI=1S/C21H26N2O5S2/c1-16(29-17-9-10-19(27-2)20(15-17)28-3)21(24)22-11-13-23(14-12-22)30(25,26)18-7-5-4-6-8-18/h4-10,15-16H,11-14H2,1-3H3/t16-/m0/s1. The SMILES string of the molecule is COc1ccc(S[C@@H](C)C(=O)N2CCN(S(=O)(=O)c3ccccc3)CC2)cc1OC. The Balaban J connectivity index is 1.60. The number of nitrogens with zero attached hydrogens (tertiary/aromatic N) is 2. The number of hydrogen-bond donors (Lipinski definition) is 0. The number of rotatable bonds is 7. The Bertz CT molecular complexity index is 974. The molecule has 1 amide bonds. The Hall–Kier alpha value is -2.23. The van der Waals surface area contributed by atoms with Crippen LogP contribution in [0.15, 0.2) is 58.3 Å². The zero-order valence-electron chi connectivity index (χ0n) is 17.3. The molecule has 0 aliphatic carbocycles. The lowest BCUT2D eigenvalue weighted by atomic mass is 10.3. The third-order valence-corrected chi connectivity index (χ3v) is 7.94. The molecule has 1 saturated heterocycles. The van der Waals surface area contributed by atoms with Crippen molar-refractivity contribution in [3.63, 3.8) is 0 Å². The fourth-order valence-corrected chi connectivity index (χ4v) is 5.71. The third-order valence-electron chi connectivity index (χ3n) is 4.95. The number of thioether (sulfide) groups is 1. The molecule has 30 heavy (non-hydrogen) atoms. The monoisotopic (exact) mass is 450 g/mol. The second-order valence-corrected chi connectivity index (χ2v) is 10.2. The fourth-order valence-electron chi connectivity index (χ4n) is 3.29. The summed E-state index contributed by atoms with van der Waals surface area (Å²) in [7, 11) is -0.379. The van der Waals surface area contributed by atoms with Crippen molar-refractivity contribution in [1.82, 2.24) is 9.21 Å². The lowest BCUT2D eigenvalue weighted by molar-refractivity contribution is -0.131. The molecule has 3 rings (SSSR count). The molecule has 0 saturated carbocycles. The maximum atomic E-state index is 12.9. The Labute approximate surface area is 182 Å². The molecular weight excluding hydrogens is 424 g/mol. The lowest BCUT2D eigenvalue weighted by Crippen LogP contribution is -2.52. The number of ether oxygens (including phenoxy) is 2. The van der Waals surface area contributed by atoms with Gasteiger partial charge in [0, 0.05) is 31.1 Å². The molecule has 0 aromatic heterocycles. The quantitative estimate of drug-likeness (QED) is 0.604. The summed E-state index contributed by atoms with van der Waals surface area (Å²) in [5, 5.41) is -0.305. The number of methoxy groups -OCH3 is 2. The molecular formula is C21H26N2O5S2. The van der Waals surface area contributed by atoms with E-state index < -0.39 is 10.0 Å². The first-order chi connectivity index (χ1) is 14.4. The number of sulfonamides is 1. The van der Waals surface area contributed by atoms with Crippen LogP contribution in [-0.2, 0) is 14.8 Å². The van der Waals surface area contributed by atoms with E-state index in [1.165, 1.54) is 16.1 Å². The first-order valence-corrected chi connectivity index (χ1v) is 11.9. The summed E-state index contributed by atoms with van der Waals surface area (Å²) in [5.41, 5.74) is 0. The van der Waals surface area contributed by atoms with E-state index in [9.17, 15) is 13.2 Å². The highest BCUT2D eigenvalue weighted by molar-refractivity contribution is 8.00. The largest absolute Gasteiger partial charge is 0.493 e. The summed E-state index contributed by atoms with van der Waals surface area (Å²) >= 11 is 1.44. The molecule has 1 fully saturated rings. The van der Waals surface area contributed by atoms with Gasteiger partial charge in [-0.15, -0.1) is 11.8 Å². The molecule has 0 radical (unpaired) electrons. The number of benzene rings is 2. The number of piperazine rings is 1. The average molecular weight is 451 g/mol. The Kier molecular flexibility index (Phi) is 7.27. The predicted molar refractivity (Wildman–Crippen MR) is 117 cm³/mol. The number of hydrogen-bond acceptors (Lipinski definition) is 6. The third kappa shape index (κ3) is 4.91. The van der Waals surface area contributed by atoms with Crippen molar-refractivity contribution in [2.75, 3.05) is 40.4 Å². The van der Waals surface area contributed by atoms with Crippen molar-refractivity contribution in [2.45, 2.75) is 22.0 Å². The zero-order chi connectivity index (χ0) is 21.7. The molecule has 1 aliphatic rings. The minimum Gasteiger partial charge on any atom is -0.493 e. The van der Waals surface area contributed by atoms with Crippen LogP contribution in [-0.4, -0.2) is 69.2 Å². The first kappa shape index (κ1) is 22.5. The Morgan fingerprint density at radius 3 is 2.20 bits per heavy atom. The van der Waals surface area contributed by atoms with Crippen LogP contribution in [0.5, 0.6) is 11.5 Å². The second kappa shape index (κ2) is 9.72. The molecule has 1 atom stereocenters. The lowest BCUT2D eigenvalue weighted by Gasteiger charge is -2.35. The van der Waals surface area contributed by atoms with Crippen LogP contribution in [0.1, 0.15) is 6.92 Å². The molecule has 2 aromatic carbocycles. The van der Waals surface area contributed by atoms with Crippen LogP contribution < -0.4 is 9.47 Å². The van der Waals surface area contributed by atoms with Crippen LogP contribution in [0.25, 0.3) is 0 Å². The normalized spacial score (nSPS) is 16.2. The smallest absolute Gasteiger partial charge is 0.243 e. The van der Waals surface area contributed by atoms with E-state index in [1.54, 1.807) is 49.5 Å². The molecule has 0 spiro atoms. The van der Waals surface area contributed by atoms with Gasteiger partial charge in [-0.25, -0.2) is 8.42 Å². The molecule has 7 nitrogen and oxygen atoms in total. The highest BCUT2D eigenvalue weighted by Gasteiger charge is 2.31. The number of carbonyl (C=O) groups excluding carboxylic acids is 1.